The van der Waals surface area contributed by atoms with Crippen molar-refractivity contribution in [3.8, 4) is 0 Å². The Kier molecular flexibility index (Phi) is 4.06. The van der Waals surface area contributed by atoms with Gasteiger partial charge in [-0.2, -0.15) is 0 Å². The molecule has 0 aliphatic carbocycles. The largest absolute Gasteiger partial charge is 0.379 e. The summed E-state index contributed by atoms with van der Waals surface area (Å²) in [5.74, 6) is 0.669. The topological polar surface area (TPSA) is 49.9 Å². The van der Waals surface area contributed by atoms with Crippen molar-refractivity contribution in [2.75, 3.05) is 0 Å². The SMILES string of the molecule is Cc1c2cc(Cl)ccc2c(CSC(=N)N)c2ccc3ccccc3c12. The summed E-state index contributed by atoms with van der Waals surface area (Å²) >= 11 is 7.64. The molecule has 0 aromatic heterocycles. The molecule has 0 atom stereocenters. The molecule has 3 N–H and O–H groups in total. The van der Waals surface area contributed by atoms with Crippen LogP contribution in [0.4, 0.5) is 0 Å². The van der Waals surface area contributed by atoms with Crippen LogP contribution in [0.3, 0.4) is 0 Å². The number of halogens is 1. The Morgan fingerprint density at radius 2 is 1.76 bits per heavy atom. The molecule has 0 saturated carbocycles. The number of fused-ring (bicyclic) bond motifs is 4. The van der Waals surface area contributed by atoms with Crippen molar-refractivity contribution in [3.63, 3.8) is 0 Å². The highest BCUT2D eigenvalue weighted by Gasteiger charge is 2.14. The average Bonchev–Trinajstić information content (AvgIpc) is 2.61. The number of hydrogen-bond acceptors (Lipinski definition) is 2. The van der Waals surface area contributed by atoms with Crippen LogP contribution in [-0.4, -0.2) is 5.17 Å². The third kappa shape index (κ3) is 2.74. The normalized spacial score (nSPS) is 11.4. The maximum Gasteiger partial charge on any atom is 0.151 e. The van der Waals surface area contributed by atoms with Crippen LogP contribution in [0.2, 0.25) is 5.02 Å². The molecular weight excluding hydrogens is 348 g/mol. The van der Waals surface area contributed by atoms with Crippen LogP contribution in [0, 0.1) is 12.3 Å². The van der Waals surface area contributed by atoms with E-state index >= 15 is 0 Å². The zero-order chi connectivity index (χ0) is 17.6. The van der Waals surface area contributed by atoms with E-state index in [-0.39, 0.29) is 5.17 Å². The molecule has 4 aromatic carbocycles. The molecule has 25 heavy (non-hydrogen) atoms. The van der Waals surface area contributed by atoms with Gasteiger partial charge in [-0.05, 0) is 62.5 Å². The summed E-state index contributed by atoms with van der Waals surface area (Å²) in [6.07, 6.45) is 0. The van der Waals surface area contributed by atoms with Gasteiger partial charge >= 0.3 is 0 Å². The first-order valence-electron chi connectivity index (χ1n) is 8.05. The van der Waals surface area contributed by atoms with Crippen molar-refractivity contribution < 1.29 is 0 Å². The maximum atomic E-state index is 7.59. The number of nitrogens with one attached hydrogen (secondary N) is 1. The molecule has 4 heteroatoms. The summed E-state index contributed by atoms with van der Waals surface area (Å²) in [4.78, 5) is 0. The molecule has 0 fully saturated rings. The quantitative estimate of drug-likeness (QED) is 0.191. The highest BCUT2D eigenvalue weighted by molar-refractivity contribution is 8.13. The first kappa shape index (κ1) is 16.2. The first-order valence-corrected chi connectivity index (χ1v) is 9.41. The van der Waals surface area contributed by atoms with Gasteiger partial charge in [-0.15, -0.1) is 0 Å². The Balaban J connectivity index is 2.19. The summed E-state index contributed by atoms with van der Waals surface area (Å²) in [6.45, 7) is 2.16. The van der Waals surface area contributed by atoms with Gasteiger partial charge in [0.2, 0.25) is 0 Å². The fraction of sp³-hybridized carbons (Fsp3) is 0.0952. The number of nitrogens with two attached hydrogens (primary N) is 1. The van der Waals surface area contributed by atoms with Crippen LogP contribution in [0.5, 0.6) is 0 Å². The molecule has 4 aromatic rings. The predicted octanol–water partition coefficient (Wildman–Crippen LogP) is 6.23. The number of benzene rings is 4. The van der Waals surface area contributed by atoms with Crippen molar-refractivity contribution in [2.24, 2.45) is 5.73 Å². The standard InChI is InChI=1S/C21H17ClN2S/c1-12-18-10-14(22)7-9-16(18)19(11-25-21(23)24)17-8-6-13-4-2-3-5-15(13)20(12)17/h2-10H,11H2,1H3,(H3,23,24). The van der Waals surface area contributed by atoms with Crippen LogP contribution in [0.15, 0.2) is 54.6 Å². The molecule has 0 spiro atoms. The van der Waals surface area contributed by atoms with E-state index in [2.05, 4.69) is 49.4 Å². The summed E-state index contributed by atoms with van der Waals surface area (Å²) in [7, 11) is 0. The third-order valence-corrected chi connectivity index (χ3v) is 5.69. The van der Waals surface area contributed by atoms with Gasteiger partial charge in [0.05, 0.1) is 0 Å². The maximum absolute atomic E-state index is 7.59. The lowest BCUT2D eigenvalue weighted by molar-refractivity contribution is 1.47. The highest BCUT2D eigenvalue weighted by Crippen LogP contribution is 2.39. The molecule has 2 nitrogen and oxygen atoms in total. The molecule has 0 bridgehead atoms. The predicted molar refractivity (Wildman–Crippen MR) is 112 cm³/mol. The van der Waals surface area contributed by atoms with Crippen molar-refractivity contribution in [3.05, 3.63) is 70.7 Å². The van der Waals surface area contributed by atoms with Gasteiger partial charge < -0.3 is 5.73 Å². The van der Waals surface area contributed by atoms with Gasteiger partial charge in [-0.3, -0.25) is 5.41 Å². The minimum atomic E-state index is 0.136. The lowest BCUT2D eigenvalue weighted by atomic mass is 9.90. The molecule has 0 unspecified atom stereocenters. The minimum Gasteiger partial charge on any atom is -0.379 e. The van der Waals surface area contributed by atoms with Gasteiger partial charge in [-0.1, -0.05) is 65.8 Å². The van der Waals surface area contributed by atoms with Crippen molar-refractivity contribution in [1.29, 1.82) is 5.41 Å². The van der Waals surface area contributed by atoms with Crippen LogP contribution >= 0.6 is 23.4 Å². The summed E-state index contributed by atoms with van der Waals surface area (Å²) in [5, 5.41) is 15.7. The fourth-order valence-corrected chi connectivity index (χ4v) is 4.39. The van der Waals surface area contributed by atoms with E-state index in [9.17, 15) is 0 Å². The molecule has 0 amide bonds. The number of amidine groups is 1. The Hall–Kier alpha value is -2.23. The summed E-state index contributed by atoms with van der Waals surface area (Å²) < 4.78 is 0. The second-order valence-corrected chi connectivity index (χ2v) is 7.61. The van der Waals surface area contributed by atoms with E-state index in [1.807, 2.05) is 12.1 Å². The molecule has 0 aliphatic heterocycles. The zero-order valence-corrected chi connectivity index (χ0v) is 15.3. The fourth-order valence-electron chi connectivity index (χ4n) is 3.60. The zero-order valence-electron chi connectivity index (χ0n) is 13.8. The molecule has 0 aliphatic rings. The monoisotopic (exact) mass is 364 g/mol. The molecule has 124 valence electrons. The Labute approximate surface area is 155 Å². The Morgan fingerprint density at radius 1 is 1.00 bits per heavy atom. The number of thioether (sulfide) groups is 1. The Bertz CT molecular complexity index is 1150. The molecule has 0 radical (unpaired) electrons. The summed E-state index contributed by atoms with van der Waals surface area (Å²) in [6, 6.07) is 18.9. The van der Waals surface area contributed by atoms with E-state index in [1.54, 1.807) is 0 Å². The smallest absolute Gasteiger partial charge is 0.151 e. The van der Waals surface area contributed by atoms with Crippen LogP contribution < -0.4 is 5.73 Å². The van der Waals surface area contributed by atoms with E-state index in [0.717, 1.165) is 10.4 Å². The molecule has 0 heterocycles. The number of aryl methyl sites for hydroxylation is 1. The summed E-state index contributed by atoms with van der Waals surface area (Å²) in [5.41, 5.74) is 8.04. The van der Waals surface area contributed by atoms with Crippen LogP contribution in [0.1, 0.15) is 11.1 Å². The van der Waals surface area contributed by atoms with E-state index in [4.69, 9.17) is 22.7 Å². The number of rotatable bonds is 2. The van der Waals surface area contributed by atoms with Gasteiger partial charge in [0, 0.05) is 10.8 Å². The van der Waals surface area contributed by atoms with Crippen LogP contribution in [0.25, 0.3) is 32.3 Å². The lowest BCUT2D eigenvalue weighted by Crippen LogP contribution is -2.04. The van der Waals surface area contributed by atoms with Crippen molar-refractivity contribution in [2.45, 2.75) is 12.7 Å². The second kappa shape index (κ2) is 6.25. The van der Waals surface area contributed by atoms with Gasteiger partial charge in [0.1, 0.15) is 0 Å². The van der Waals surface area contributed by atoms with Crippen molar-refractivity contribution in [1.82, 2.24) is 0 Å². The Morgan fingerprint density at radius 3 is 2.56 bits per heavy atom. The van der Waals surface area contributed by atoms with E-state index in [1.165, 1.54) is 49.8 Å². The number of hydrogen-bond donors (Lipinski definition) is 2. The average molecular weight is 365 g/mol. The molecule has 4 rings (SSSR count). The highest BCUT2D eigenvalue weighted by atomic mass is 35.5. The van der Waals surface area contributed by atoms with Gasteiger partial charge in [-0.25, -0.2) is 0 Å². The molecular formula is C21H17ClN2S. The van der Waals surface area contributed by atoms with Gasteiger partial charge in [0.15, 0.2) is 5.17 Å². The lowest BCUT2D eigenvalue weighted by Gasteiger charge is -2.16. The van der Waals surface area contributed by atoms with Gasteiger partial charge in [0.25, 0.3) is 0 Å². The third-order valence-electron chi connectivity index (χ3n) is 4.71. The van der Waals surface area contributed by atoms with Crippen molar-refractivity contribution >= 4 is 60.8 Å². The first-order chi connectivity index (χ1) is 12.1. The van der Waals surface area contributed by atoms with Crippen LogP contribution in [-0.2, 0) is 5.75 Å². The van der Waals surface area contributed by atoms with E-state index in [0.29, 0.717) is 5.75 Å². The molecule has 0 saturated heterocycles. The minimum absolute atomic E-state index is 0.136. The second-order valence-electron chi connectivity index (χ2n) is 6.16. The van der Waals surface area contributed by atoms with E-state index < -0.39 is 0 Å².